The van der Waals surface area contributed by atoms with E-state index in [0.29, 0.717) is 28.6 Å². The van der Waals surface area contributed by atoms with Crippen LogP contribution in [0.2, 0.25) is 0 Å². The van der Waals surface area contributed by atoms with Gasteiger partial charge >= 0.3 is 0 Å². The average molecular weight is 403 g/mol. The zero-order valence-corrected chi connectivity index (χ0v) is 16.4. The number of nitrogens with zero attached hydrogens (tertiary/aromatic N) is 4. The van der Waals surface area contributed by atoms with Gasteiger partial charge in [-0.15, -0.1) is 10.2 Å². The normalized spacial score (nSPS) is 19.5. The molecule has 3 heterocycles. The molecule has 1 aromatic heterocycles. The first-order chi connectivity index (χ1) is 13.1. The van der Waals surface area contributed by atoms with Gasteiger partial charge in [-0.3, -0.25) is 14.4 Å². The van der Waals surface area contributed by atoms with Gasteiger partial charge in [-0.2, -0.15) is 0 Å². The Morgan fingerprint density at radius 2 is 2.07 bits per heavy atom. The average Bonchev–Trinajstić information content (AvgIpc) is 3.08. The molecule has 0 spiro atoms. The molecule has 1 aromatic carbocycles. The van der Waals surface area contributed by atoms with Gasteiger partial charge in [0.25, 0.3) is 11.8 Å². The van der Waals surface area contributed by atoms with E-state index in [9.17, 15) is 14.4 Å². The summed E-state index contributed by atoms with van der Waals surface area (Å²) in [6.07, 6.45) is 2.33. The highest BCUT2D eigenvalue weighted by atomic mass is 32.2. The van der Waals surface area contributed by atoms with Gasteiger partial charge in [0.1, 0.15) is 11.0 Å². The van der Waals surface area contributed by atoms with E-state index in [4.69, 9.17) is 0 Å². The van der Waals surface area contributed by atoms with Crippen molar-refractivity contribution in [1.29, 1.82) is 0 Å². The zero-order valence-electron chi connectivity index (χ0n) is 14.8. The predicted molar refractivity (Wildman–Crippen MR) is 103 cm³/mol. The molecule has 1 saturated heterocycles. The van der Waals surface area contributed by atoms with Crippen LogP contribution in [0.4, 0.5) is 5.69 Å². The summed E-state index contributed by atoms with van der Waals surface area (Å²) in [5.74, 6) is -0.765. The number of benzene rings is 1. The van der Waals surface area contributed by atoms with Gasteiger partial charge < -0.3 is 4.90 Å². The number of rotatable bonds is 3. The van der Waals surface area contributed by atoms with Crippen molar-refractivity contribution in [2.45, 2.75) is 36.6 Å². The molecule has 2 aliphatic rings. The molecule has 1 fully saturated rings. The molecule has 140 valence electrons. The first-order valence-electron chi connectivity index (χ1n) is 8.76. The van der Waals surface area contributed by atoms with Crippen LogP contribution >= 0.6 is 23.1 Å². The highest BCUT2D eigenvalue weighted by Crippen LogP contribution is 2.33. The third kappa shape index (κ3) is 3.37. The minimum atomic E-state index is -0.573. The maximum Gasteiger partial charge on any atom is 0.256 e. The molecule has 0 saturated carbocycles. The molecule has 2 aromatic rings. The van der Waals surface area contributed by atoms with Crippen molar-refractivity contribution in [1.82, 2.24) is 15.1 Å². The maximum absolute atomic E-state index is 13.2. The van der Waals surface area contributed by atoms with Crippen LogP contribution in [0.5, 0.6) is 0 Å². The number of aromatic nitrogens is 2. The Bertz CT molecular complexity index is 914. The summed E-state index contributed by atoms with van der Waals surface area (Å²) in [4.78, 5) is 42.0. The molecule has 3 amide bonds. The Hall–Kier alpha value is -2.26. The number of imide groups is 1. The van der Waals surface area contributed by atoms with Crippen molar-refractivity contribution < 1.29 is 14.4 Å². The van der Waals surface area contributed by atoms with E-state index in [2.05, 4.69) is 10.2 Å². The first-order valence-corrected chi connectivity index (χ1v) is 10.6. The van der Waals surface area contributed by atoms with Crippen LogP contribution in [0.15, 0.2) is 28.6 Å². The zero-order chi connectivity index (χ0) is 19.0. The molecular weight excluding hydrogens is 384 g/mol. The van der Waals surface area contributed by atoms with Crippen LogP contribution in [0, 0.1) is 6.92 Å². The van der Waals surface area contributed by atoms with Crippen molar-refractivity contribution in [2.75, 3.05) is 17.2 Å². The van der Waals surface area contributed by atoms with Gasteiger partial charge in [-0.05, 0) is 38.3 Å². The van der Waals surface area contributed by atoms with E-state index < -0.39 is 6.04 Å². The molecule has 27 heavy (non-hydrogen) atoms. The number of aryl methyl sites for hydroxylation is 1. The largest absolute Gasteiger partial charge is 0.327 e. The van der Waals surface area contributed by atoms with Crippen molar-refractivity contribution in [3.05, 3.63) is 34.8 Å². The first kappa shape index (κ1) is 18.1. The summed E-state index contributed by atoms with van der Waals surface area (Å²) in [6, 6.07) is 6.28. The lowest BCUT2D eigenvalue weighted by Gasteiger charge is -2.33. The highest BCUT2D eigenvalue weighted by molar-refractivity contribution is 8.01. The number of amides is 3. The summed E-state index contributed by atoms with van der Waals surface area (Å²) in [6.45, 7) is 2.39. The number of anilines is 1. The summed E-state index contributed by atoms with van der Waals surface area (Å²) < 4.78 is 0.687. The molecule has 0 N–H and O–H groups in total. The predicted octanol–water partition coefficient (Wildman–Crippen LogP) is 2.51. The van der Waals surface area contributed by atoms with Gasteiger partial charge in [0.2, 0.25) is 5.91 Å². The number of fused-ring (bicyclic) bond motifs is 2. The number of para-hydroxylation sites is 1. The maximum atomic E-state index is 13.2. The molecule has 4 rings (SSSR count). The standard InChI is InChI=1S/C18H18N4O3S2/c1-11-19-20-18(27-11)26-10-15(23)22-13-7-3-2-6-12(13)16(24)21-9-5-4-8-14(21)17(22)25/h2-3,6-7,14H,4-5,8-10H2,1H3/t14-/m1/s1. The number of hydrogen-bond donors (Lipinski definition) is 0. The van der Waals surface area contributed by atoms with E-state index in [1.165, 1.54) is 28.0 Å². The van der Waals surface area contributed by atoms with E-state index in [0.717, 1.165) is 17.8 Å². The van der Waals surface area contributed by atoms with Gasteiger partial charge in [-0.1, -0.05) is 35.2 Å². The summed E-state index contributed by atoms with van der Waals surface area (Å²) in [5.41, 5.74) is 0.779. The fourth-order valence-corrected chi connectivity index (χ4v) is 5.15. The highest BCUT2D eigenvalue weighted by Gasteiger charge is 2.42. The Kier molecular flexibility index (Phi) is 4.96. The number of carbonyl (C=O) groups excluding carboxylic acids is 3. The smallest absolute Gasteiger partial charge is 0.256 e. The lowest BCUT2D eigenvalue weighted by atomic mass is 10.0. The van der Waals surface area contributed by atoms with Crippen LogP contribution in [0.3, 0.4) is 0 Å². The summed E-state index contributed by atoms with van der Waals surface area (Å²) in [5, 5.41) is 8.77. The SMILES string of the molecule is Cc1nnc(SCC(=O)N2C(=O)[C@H]3CCCCN3C(=O)c3ccccc32)s1. The molecule has 0 bridgehead atoms. The van der Waals surface area contributed by atoms with Crippen molar-refractivity contribution in [3.8, 4) is 0 Å². The van der Waals surface area contributed by atoms with E-state index >= 15 is 0 Å². The van der Waals surface area contributed by atoms with Gasteiger partial charge in [0.05, 0.1) is 17.0 Å². The summed E-state index contributed by atoms with van der Waals surface area (Å²) >= 11 is 2.67. The lowest BCUT2D eigenvalue weighted by molar-refractivity contribution is -0.128. The number of piperidine rings is 1. The Labute approximate surface area is 164 Å². The van der Waals surface area contributed by atoms with Crippen LogP contribution < -0.4 is 4.90 Å². The minimum Gasteiger partial charge on any atom is -0.327 e. The van der Waals surface area contributed by atoms with Gasteiger partial charge in [-0.25, -0.2) is 4.90 Å². The van der Waals surface area contributed by atoms with Crippen LogP contribution in [-0.4, -0.2) is 51.2 Å². The second-order valence-electron chi connectivity index (χ2n) is 6.47. The molecule has 0 aliphatic carbocycles. The Morgan fingerprint density at radius 3 is 2.85 bits per heavy atom. The van der Waals surface area contributed by atoms with E-state index in [-0.39, 0.29) is 23.5 Å². The number of carbonyl (C=O) groups is 3. The van der Waals surface area contributed by atoms with Gasteiger partial charge in [0, 0.05) is 6.54 Å². The van der Waals surface area contributed by atoms with Crippen molar-refractivity contribution >= 4 is 46.5 Å². The number of thioether (sulfide) groups is 1. The lowest BCUT2D eigenvalue weighted by Crippen LogP contribution is -2.52. The topological polar surface area (TPSA) is 83.5 Å². The molecule has 9 heteroatoms. The Morgan fingerprint density at radius 1 is 1.26 bits per heavy atom. The third-order valence-electron chi connectivity index (χ3n) is 4.72. The fraction of sp³-hybridized carbons (Fsp3) is 0.389. The molecule has 7 nitrogen and oxygen atoms in total. The van der Waals surface area contributed by atoms with Crippen LogP contribution in [-0.2, 0) is 9.59 Å². The van der Waals surface area contributed by atoms with E-state index in [1.807, 2.05) is 6.92 Å². The minimum absolute atomic E-state index is 0.0651. The molecule has 2 aliphatic heterocycles. The van der Waals surface area contributed by atoms with Crippen molar-refractivity contribution in [3.63, 3.8) is 0 Å². The summed E-state index contributed by atoms with van der Waals surface area (Å²) in [7, 11) is 0. The van der Waals surface area contributed by atoms with Gasteiger partial charge in [0.15, 0.2) is 4.34 Å². The molecule has 0 unspecified atom stereocenters. The molecule has 0 radical (unpaired) electrons. The monoisotopic (exact) mass is 402 g/mol. The quantitative estimate of drug-likeness (QED) is 0.734. The third-order valence-corrected chi connectivity index (χ3v) is 6.68. The van der Waals surface area contributed by atoms with Crippen LogP contribution in [0.25, 0.3) is 0 Å². The molecular formula is C18H18N4O3S2. The second kappa shape index (κ2) is 7.40. The van der Waals surface area contributed by atoms with E-state index in [1.54, 1.807) is 29.2 Å². The Balaban J connectivity index is 1.66. The number of hydrogen-bond acceptors (Lipinski definition) is 7. The van der Waals surface area contributed by atoms with Crippen LogP contribution in [0.1, 0.15) is 34.6 Å². The fourth-order valence-electron chi connectivity index (χ4n) is 3.49. The second-order valence-corrected chi connectivity index (χ2v) is 8.87. The van der Waals surface area contributed by atoms with Crippen molar-refractivity contribution in [2.24, 2.45) is 0 Å². The molecule has 1 atom stereocenters.